The molecule has 0 unspecified atom stereocenters. The first kappa shape index (κ1) is 14.9. The van der Waals surface area contributed by atoms with Crippen LogP contribution in [0, 0.1) is 0 Å². The second-order valence-electron chi connectivity index (χ2n) is 3.12. The molecule has 0 bridgehead atoms. The topological polar surface area (TPSA) is 26.3 Å². The first-order valence-corrected chi connectivity index (χ1v) is 4.40. The monoisotopic (exact) mass is 246 g/mol. The summed E-state index contributed by atoms with van der Waals surface area (Å²) in [5.74, 6) is -4.61. The summed E-state index contributed by atoms with van der Waals surface area (Å²) in [5, 5.41) is 0. The Labute approximate surface area is 89.1 Å². The Balaban J connectivity index is 3.82. The van der Waals surface area contributed by atoms with Gasteiger partial charge in [0.15, 0.2) is 0 Å². The van der Waals surface area contributed by atoms with Crippen molar-refractivity contribution in [1.82, 2.24) is 0 Å². The molecule has 0 rings (SSSR count). The van der Waals surface area contributed by atoms with Crippen LogP contribution in [0.2, 0.25) is 0 Å². The zero-order valence-electron chi connectivity index (χ0n) is 8.32. The van der Waals surface area contributed by atoms with Gasteiger partial charge in [0.1, 0.15) is 6.42 Å². The van der Waals surface area contributed by atoms with E-state index >= 15 is 0 Å². The highest BCUT2D eigenvalue weighted by Gasteiger charge is 2.42. The van der Waals surface area contributed by atoms with Gasteiger partial charge in [-0.05, 0) is 6.42 Å². The molecule has 0 aromatic carbocycles. The van der Waals surface area contributed by atoms with Crippen LogP contribution in [-0.2, 0) is 9.53 Å². The van der Waals surface area contributed by atoms with E-state index in [1.807, 2.05) is 0 Å². The molecule has 0 aliphatic heterocycles. The van der Waals surface area contributed by atoms with Crippen molar-refractivity contribution < 1.29 is 31.5 Å². The van der Waals surface area contributed by atoms with Gasteiger partial charge < -0.3 is 4.74 Å². The number of carbonyl (C=O) groups is 1. The Bertz CT molecular complexity index is 247. The highest BCUT2D eigenvalue weighted by atomic mass is 19.4. The summed E-state index contributed by atoms with van der Waals surface area (Å²) >= 11 is 0. The lowest BCUT2D eigenvalue weighted by atomic mass is 10.1. The lowest BCUT2D eigenvalue weighted by Crippen LogP contribution is -2.26. The van der Waals surface area contributed by atoms with Gasteiger partial charge in [-0.3, -0.25) is 0 Å². The molecule has 0 fully saturated rings. The predicted molar refractivity (Wildman–Crippen MR) is 46.0 cm³/mol. The van der Waals surface area contributed by atoms with Crippen molar-refractivity contribution in [3.05, 3.63) is 12.7 Å². The fourth-order valence-corrected chi connectivity index (χ4v) is 0.944. The van der Waals surface area contributed by atoms with Gasteiger partial charge in [0, 0.05) is 12.5 Å². The van der Waals surface area contributed by atoms with Gasteiger partial charge in [-0.2, -0.15) is 13.2 Å². The molecule has 0 heterocycles. The van der Waals surface area contributed by atoms with Crippen molar-refractivity contribution in [2.75, 3.05) is 6.61 Å². The number of rotatable bonds is 6. The highest BCUT2D eigenvalue weighted by molar-refractivity contribution is 5.81. The molecule has 0 aromatic heterocycles. The summed E-state index contributed by atoms with van der Waals surface area (Å²) in [7, 11) is 0. The summed E-state index contributed by atoms with van der Waals surface area (Å²) < 4.78 is 64.6. The fourth-order valence-electron chi connectivity index (χ4n) is 0.944. The molecule has 94 valence electrons. The maximum Gasteiger partial charge on any atom is 0.394 e. The van der Waals surface area contributed by atoms with Crippen LogP contribution in [0.1, 0.15) is 19.3 Å². The van der Waals surface area contributed by atoms with Gasteiger partial charge in [0.2, 0.25) is 0 Å². The minimum atomic E-state index is -4.90. The standard InChI is InChI=1S/C9H11F5O2/c1-2-7(15)16-5-3-4-8(10,11)6-9(12,13)14/h2H,1,3-6H2. The second kappa shape index (κ2) is 5.81. The van der Waals surface area contributed by atoms with Gasteiger partial charge in [-0.25, -0.2) is 13.6 Å². The minimum absolute atomic E-state index is 0.331. The smallest absolute Gasteiger partial charge is 0.394 e. The lowest BCUT2D eigenvalue weighted by molar-refractivity contribution is -0.190. The number of hydrogen-bond donors (Lipinski definition) is 0. The molecule has 0 spiro atoms. The van der Waals surface area contributed by atoms with Crippen LogP contribution < -0.4 is 0 Å². The molecule has 0 atom stereocenters. The van der Waals surface area contributed by atoms with Crippen LogP contribution in [-0.4, -0.2) is 24.7 Å². The quantitative estimate of drug-likeness (QED) is 0.311. The van der Waals surface area contributed by atoms with Crippen LogP contribution in [0.3, 0.4) is 0 Å². The van der Waals surface area contributed by atoms with Crippen LogP contribution in [0.4, 0.5) is 22.0 Å². The van der Waals surface area contributed by atoms with E-state index in [4.69, 9.17) is 0 Å². The fraction of sp³-hybridized carbons (Fsp3) is 0.667. The van der Waals surface area contributed by atoms with E-state index in [2.05, 4.69) is 11.3 Å². The number of halogens is 5. The average molecular weight is 246 g/mol. The van der Waals surface area contributed by atoms with Gasteiger partial charge in [0.25, 0.3) is 5.92 Å². The van der Waals surface area contributed by atoms with Crippen molar-refractivity contribution >= 4 is 5.97 Å². The van der Waals surface area contributed by atoms with Crippen LogP contribution >= 0.6 is 0 Å². The molecule has 0 saturated heterocycles. The molecule has 7 heteroatoms. The Kier molecular flexibility index (Phi) is 5.40. The summed E-state index contributed by atoms with van der Waals surface area (Å²) in [5.41, 5.74) is 0. The number of hydrogen-bond acceptors (Lipinski definition) is 2. The zero-order valence-corrected chi connectivity index (χ0v) is 8.32. The maximum absolute atomic E-state index is 12.6. The molecular formula is C9H11F5O2. The SMILES string of the molecule is C=CC(=O)OCCCC(F)(F)CC(F)(F)F. The Morgan fingerprint density at radius 1 is 1.25 bits per heavy atom. The maximum atomic E-state index is 12.6. The van der Waals surface area contributed by atoms with E-state index in [1.54, 1.807) is 0 Å². The van der Waals surface area contributed by atoms with Crippen molar-refractivity contribution in [3.63, 3.8) is 0 Å². The molecule has 0 aromatic rings. The Hall–Kier alpha value is -1.14. The van der Waals surface area contributed by atoms with Gasteiger partial charge in [0.05, 0.1) is 6.61 Å². The van der Waals surface area contributed by atoms with Crippen molar-refractivity contribution in [3.8, 4) is 0 Å². The number of esters is 1. The third-order valence-corrected chi connectivity index (χ3v) is 1.56. The third kappa shape index (κ3) is 8.19. The van der Waals surface area contributed by atoms with Gasteiger partial charge in [-0.15, -0.1) is 0 Å². The van der Waals surface area contributed by atoms with Crippen molar-refractivity contribution in [1.29, 1.82) is 0 Å². The van der Waals surface area contributed by atoms with E-state index < -0.39 is 30.9 Å². The van der Waals surface area contributed by atoms with E-state index in [-0.39, 0.29) is 13.0 Å². The van der Waals surface area contributed by atoms with E-state index in [9.17, 15) is 26.7 Å². The predicted octanol–water partition coefficient (Wildman–Crippen LogP) is 3.08. The number of alkyl halides is 5. The molecule has 0 aliphatic rings. The van der Waals surface area contributed by atoms with Crippen molar-refractivity contribution in [2.45, 2.75) is 31.4 Å². The Morgan fingerprint density at radius 3 is 2.25 bits per heavy atom. The Morgan fingerprint density at radius 2 is 1.81 bits per heavy atom. The number of carbonyl (C=O) groups excluding carboxylic acids is 1. The van der Waals surface area contributed by atoms with Gasteiger partial charge >= 0.3 is 12.1 Å². The number of ether oxygens (including phenoxy) is 1. The second-order valence-corrected chi connectivity index (χ2v) is 3.12. The van der Waals surface area contributed by atoms with Gasteiger partial charge in [-0.1, -0.05) is 6.58 Å². The van der Waals surface area contributed by atoms with Crippen LogP contribution in [0.15, 0.2) is 12.7 Å². The van der Waals surface area contributed by atoms with Crippen molar-refractivity contribution in [2.24, 2.45) is 0 Å². The molecule has 0 aliphatic carbocycles. The highest BCUT2D eigenvalue weighted by Crippen LogP contribution is 2.34. The molecule has 0 N–H and O–H groups in total. The summed E-state index contributed by atoms with van der Waals surface area (Å²) in [6.07, 6.45) is -7.52. The largest absolute Gasteiger partial charge is 0.463 e. The zero-order chi connectivity index (χ0) is 12.8. The van der Waals surface area contributed by atoms with Crippen LogP contribution in [0.25, 0.3) is 0 Å². The van der Waals surface area contributed by atoms with E-state index in [1.165, 1.54) is 0 Å². The summed E-state index contributed by atoms with van der Waals surface area (Å²) in [6, 6.07) is 0. The molecule has 16 heavy (non-hydrogen) atoms. The normalized spacial score (nSPS) is 12.3. The average Bonchev–Trinajstić information content (AvgIpc) is 2.08. The van der Waals surface area contributed by atoms with E-state index in [0.717, 1.165) is 6.08 Å². The molecule has 2 nitrogen and oxygen atoms in total. The molecular weight excluding hydrogens is 235 g/mol. The first-order valence-electron chi connectivity index (χ1n) is 4.40. The summed E-state index contributed by atoms with van der Waals surface area (Å²) in [4.78, 5) is 10.5. The van der Waals surface area contributed by atoms with E-state index in [0.29, 0.717) is 0 Å². The minimum Gasteiger partial charge on any atom is -0.463 e. The molecule has 0 saturated carbocycles. The third-order valence-electron chi connectivity index (χ3n) is 1.56. The lowest BCUT2D eigenvalue weighted by Gasteiger charge is -2.17. The molecule has 0 radical (unpaired) electrons. The van der Waals surface area contributed by atoms with Crippen LogP contribution in [0.5, 0.6) is 0 Å². The first-order chi connectivity index (χ1) is 7.16. The molecule has 0 amide bonds. The summed E-state index contributed by atoms with van der Waals surface area (Å²) in [6.45, 7) is 2.72.